The zero-order valence-corrected chi connectivity index (χ0v) is 11.9. The Kier molecular flexibility index (Phi) is 4.00. The van der Waals surface area contributed by atoms with Crippen LogP contribution < -0.4 is 5.32 Å². The zero-order chi connectivity index (χ0) is 14.0. The number of hydrogen-bond donors (Lipinski definition) is 1. The highest BCUT2D eigenvalue weighted by atomic mass is 19.1. The summed E-state index contributed by atoms with van der Waals surface area (Å²) in [6.45, 7) is 8.82. The summed E-state index contributed by atoms with van der Waals surface area (Å²) >= 11 is 0. The van der Waals surface area contributed by atoms with Crippen molar-refractivity contribution in [3.8, 4) is 5.69 Å². The predicted octanol–water partition coefficient (Wildman–Crippen LogP) is 3.30. The van der Waals surface area contributed by atoms with Crippen molar-refractivity contribution in [2.45, 2.75) is 33.7 Å². The Hall–Kier alpha value is -1.68. The Labute approximate surface area is 113 Å². The molecule has 0 amide bonds. The van der Waals surface area contributed by atoms with Gasteiger partial charge in [0.25, 0.3) is 0 Å². The highest BCUT2D eigenvalue weighted by molar-refractivity contribution is 5.46. The summed E-state index contributed by atoms with van der Waals surface area (Å²) in [7, 11) is 0. The van der Waals surface area contributed by atoms with E-state index in [1.165, 1.54) is 6.07 Å². The Morgan fingerprint density at radius 2 is 2.11 bits per heavy atom. The second-order valence-corrected chi connectivity index (χ2v) is 4.74. The summed E-state index contributed by atoms with van der Waals surface area (Å²) in [5.74, 6) is -0.220. The van der Waals surface area contributed by atoms with E-state index in [0.29, 0.717) is 5.69 Å². The van der Waals surface area contributed by atoms with Crippen molar-refractivity contribution >= 4 is 0 Å². The van der Waals surface area contributed by atoms with E-state index < -0.39 is 0 Å². The zero-order valence-electron chi connectivity index (χ0n) is 11.9. The fraction of sp³-hybridized carbons (Fsp3) is 0.400. The molecule has 2 aromatic rings. The molecule has 0 bridgehead atoms. The Morgan fingerprint density at radius 1 is 1.37 bits per heavy atom. The minimum absolute atomic E-state index is 0.0952. The molecule has 0 saturated heterocycles. The summed E-state index contributed by atoms with van der Waals surface area (Å²) in [5, 5.41) is 3.33. The van der Waals surface area contributed by atoms with Gasteiger partial charge in [0, 0.05) is 11.7 Å². The molecule has 0 fully saturated rings. The SMILES string of the molecule is CCNC(C)c1cccc(F)c1-n1cnc(C)c1C. The van der Waals surface area contributed by atoms with Crippen molar-refractivity contribution in [1.82, 2.24) is 14.9 Å². The maximum Gasteiger partial charge on any atom is 0.147 e. The number of halogens is 1. The third kappa shape index (κ3) is 2.54. The van der Waals surface area contributed by atoms with Gasteiger partial charge in [-0.25, -0.2) is 9.37 Å². The van der Waals surface area contributed by atoms with E-state index >= 15 is 0 Å². The van der Waals surface area contributed by atoms with Crippen molar-refractivity contribution in [2.75, 3.05) is 6.54 Å². The predicted molar refractivity (Wildman–Crippen MR) is 75.1 cm³/mol. The molecule has 1 aromatic carbocycles. The summed E-state index contributed by atoms with van der Waals surface area (Å²) < 4.78 is 16.1. The number of nitrogens with one attached hydrogen (secondary N) is 1. The van der Waals surface area contributed by atoms with Crippen LogP contribution in [0.15, 0.2) is 24.5 Å². The van der Waals surface area contributed by atoms with E-state index in [0.717, 1.165) is 23.5 Å². The van der Waals surface area contributed by atoms with Crippen molar-refractivity contribution in [2.24, 2.45) is 0 Å². The van der Waals surface area contributed by atoms with E-state index in [1.807, 2.05) is 38.3 Å². The number of hydrogen-bond acceptors (Lipinski definition) is 2. The Bertz CT molecular complexity index is 575. The van der Waals surface area contributed by atoms with Crippen molar-refractivity contribution in [1.29, 1.82) is 0 Å². The molecule has 0 aliphatic heterocycles. The standard InChI is InChI=1S/C15H20FN3/c1-5-17-11(3)13-7-6-8-14(16)15(13)19-9-18-10(2)12(19)4/h6-9,11,17H,5H2,1-4H3. The summed E-state index contributed by atoms with van der Waals surface area (Å²) in [4.78, 5) is 4.26. The number of imidazole rings is 1. The van der Waals surface area contributed by atoms with Gasteiger partial charge in [-0.15, -0.1) is 0 Å². The van der Waals surface area contributed by atoms with Crippen LogP contribution in [-0.2, 0) is 0 Å². The van der Waals surface area contributed by atoms with Gasteiger partial charge < -0.3 is 9.88 Å². The third-order valence-corrected chi connectivity index (χ3v) is 3.49. The molecule has 0 aliphatic rings. The lowest BCUT2D eigenvalue weighted by molar-refractivity contribution is 0.574. The molecular weight excluding hydrogens is 241 g/mol. The smallest absolute Gasteiger partial charge is 0.147 e. The molecule has 19 heavy (non-hydrogen) atoms. The quantitative estimate of drug-likeness (QED) is 0.915. The maximum atomic E-state index is 14.2. The molecule has 0 saturated carbocycles. The molecule has 3 nitrogen and oxygen atoms in total. The first-order valence-corrected chi connectivity index (χ1v) is 6.59. The molecule has 102 valence electrons. The van der Waals surface area contributed by atoms with Crippen molar-refractivity contribution in [3.63, 3.8) is 0 Å². The molecule has 0 radical (unpaired) electrons. The largest absolute Gasteiger partial charge is 0.310 e. The maximum absolute atomic E-state index is 14.2. The molecule has 1 atom stereocenters. The average Bonchev–Trinajstić information content (AvgIpc) is 2.70. The fourth-order valence-corrected chi connectivity index (χ4v) is 2.28. The van der Waals surface area contributed by atoms with Gasteiger partial charge in [-0.1, -0.05) is 19.1 Å². The van der Waals surface area contributed by atoms with Gasteiger partial charge in [-0.3, -0.25) is 0 Å². The molecule has 1 heterocycles. The van der Waals surface area contributed by atoms with E-state index in [-0.39, 0.29) is 11.9 Å². The molecule has 4 heteroatoms. The highest BCUT2D eigenvalue weighted by Gasteiger charge is 2.17. The lowest BCUT2D eigenvalue weighted by Gasteiger charge is -2.19. The molecule has 0 spiro atoms. The molecule has 1 aromatic heterocycles. The second-order valence-electron chi connectivity index (χ2n) is 4.74. The van der Waals surface area contributed by atoms with Crippen LogP contribution in [0, 0.1) is 19.7 Å². The van der Waals surface area contributed by atoms with E-state index in [9.17, 15) is 4.39 Å². The topological polar surface area (TPSA) is 29.9 Å². The molecular formula is C15H20FN3. The van der Waals surface area contributed by atoms with Gasteiger partial charge in [0.2, 0.25) is 0 Å². The van der Waals surface area contributed by atoms with E-state index in [1.54, 1.807) is 12.4 Å². The Balaban J connectivity index is 2.58. The second kappa shape index (κ2) is 5.53. The average molecular weight is 261 g/mol. The van der Waals surface area contributed by atoms with Crippen molar-refractivity contribution < 1.29 is 4.39 Å². The van der Waals surface area contributed by atoms with Crippen LogP contribution >= 0.6 is 0 Å². The molecule has 2 rings (SSSR count). The normalized spacial score (nSPS) is 12.7. The van der Waals surface area contributed by atoms with E-state index in [4.69, 9.17) is 0 Å². The molecule has 1 N–H and O–H groups in total. The molecule has 0 aliphatic carbocycles. The summed E-state index contributed by atoms with van der Waals surface area (Å²) in [6, 6.07) is 5.30. The number of benzene rings is 1. The van der Waals surface area contributed by atoms with Crippen LogP contribution in [0.2, 0.25) is 0 Å². The highest BCUT2D eigenvalue weighted by Crippen LogP contribution is 2.26. The van der Waals surface area contributed by atoms with Crippen LogP contribution in [0.1, 0.15) is 36.8 Å². The fourth-order valence-electron chi connectivity index (χ4n) is 2.28. The van der Waals surface area contributed by atoms with Gasteiger partial charge in [0.1, 0.15) is 5.82 Å². The van der Waals surface area contributed by atoms with Crippen LogP contribution in [0.5, 0.6) is 0 Å². The minimum atomic E-state index is -0.220. The summed E-state index contributed by atoms with van der Waals surface area (Å²) in [5.41, 5.74) is 3.43. The number of para-hydroxylation sites is 1. The molecule has 1 unspecified atom stereocenters. The lowest BCUT2D eigenvalue weighted by atomic mass is 10.1. The van der Waals surface area contributed by atoms with Crippen LogP contribution in [0.25, 0.3) is 5.69 Å². The number of nitrogens with zero attached hydrogens (tertiary/aromatic N) is 2. The van der Waals surface area contributed by atoms with Gasteiger partial charge in [-0.2, -0.15) is 0 Å². The summed E-state index contributed by atoms with van der Waals surface area (Å²) in [6.07, 6.45) is 1.69. The van der Waals surface area contributed by atoms with Gasteiger partial charge in [0.15, 0.2) is 0 Å². The number of rotatable bonds is 4. The monoisotopic (exact) mass is 261 g/mol. The Morgan fingerprint density at radius 3 is 2.68 bits per heavy atom. The van der Waals surface area contributed by atoms with Gasteiger partial charge in [-0.05, 0) is 38.9 Å². The van der Waals surface area contributed by atoms with Crippen LogP contribution in [0.4, 0.5) is 4.39 Å². The number of aryl methyl sites for hydroxylation is 1. The van der Waals surface area contributed by atoms with Gasteiger partial charge >= 0.3 is 0 Å². The third-order valence-electron chi connectivity index (χ3n) is 3.49. The minimum Gasteiger partial charge on any atom is -0.310 e. The van der Waals surface area contributed by atoms with Crippen molar-refractivity contribution in [3.05, 3.63) is 47.3 Å². The first-order valence-electron chi connectivity index (χ1n) is 6.59. The van der Waals surface area contributed by atoms with E-state index in [2.05, 4.69) is 10.3 Å². The number of aromatic nitrogens is 2. The van der Waals surface area contributed by atoms with Crippen LogP contribution in [-0.4, -0.2) is 16.1 Å². The van der Waals surface area contributed by atoms with Gasteiger partial charge in [0.05, 0.1) is 17.7 Å². The first-order chi connectivity index (χ1) is 9.06. The van der Waals surface area contributed by atoms with Crippen LogP contribution in [0.3, 0.4) is 0 Å². The first kappa shape index (κ1) is 13.7. The lowest BCUT2D eigenvalue weighted by Crippen LogP contribution is -2.20.